The Bertz CT molecular complexity index is 679. The molecule has 0 N–H and O–H groups in total. The van der Waals surface area contributed by atoms with Crippen LogP contribution in [0.4, 0.5) is 0 Å². The first-order valence-corrected chi connectivity index (χ1v) is 6.69. The van der Waals surface area contributed by atoms with Gasteiger partial charge in [0.1, 0.15) is 0 Å². The molecular formula is C16H12ClNO2. The molecule has 1 aliphatic heterocycles. The van der Waals surface area contributed by atoms with Crippen LogP contribution in [0.3, 0.4) is 0 Å². The number of ketones is 1. The molecule has 2 aromatic carbocycles. The minimum absolute atomic E-state index is 0.0806. The number of fused-ring (bicyclic) bond motifs is 1. The minimum atomic E-state index is -0.0807. The number of hydrogen-bond acceptors (Lipinski definition) is 2. The van der Waals surface area contributed by atoms with Crippen molar-refractivity contribution in [3.63, 3.8) is 0 Å². The lowest BCUT2D eigenvalue weighted by atomic mass is 10.1. The first-order chi connectivity index (χ1) is 9.65. The van der Waals surface area contributed by atoms with Gasteiger partial charge in [0.05, 0.1) is 6.54 Å². The first-order valence-electron chi connectivity index (χ1n) is 6.31. The zero-order chi connectivity index (χ0) is 14.1. The van der Waals surface area contributed by atoms with Crippen molar-refractivity contribution in [1.29, 1.82) is 0 Å². The van der Waals surface area contributed by atoms with Gasteiger partial charge in [-0.05, 0) is 35.9 Å². The first kappa shape index (κ1) is 12.9. The normalized spacial score (nSPS) is 13.4. The lowest BCUT2D eigenvalue weighted by molar-refractivity contribution is 0.0729. The highest BCUT2D eigenvalue weighted by Crippen LogP contribution is 2.22. The van der Waals surface area contributed by atoms with Crippen molar-refractivity contribution in [3.8, 4) is 0 Å². The Balaban J connectivity index is 1.75. The summed E-state index contributed by atoms with van der Waals surface area (Å²) in [5.41, 5.74) is 2.23. The van der Waals surface area contributed by atoms with E-state index < -0.39 is 0 Å². The molecule has 0 fully saturated rings. The number of rotatable bonds is 3. The van der Waals surface area contributed by atoms with Crippen molar-refractivity contribution in [2.75, 3.05) is 6.54 Å². The molecule has 0 spiro atoms. The maximum absolute atomic E-state index is 12.2. The molecule has 0 saturated carbocycles. The fourth-order valence-corrected chi connectivity index (χ4v) is 2.47. The van der Waals surface area contributed by atoms with Gasteiger partial charge in [-0.15, -0.1) is 0 Å². The lowest BCUT2D eigenvalue weighted by Crippen LogP contribution is -2.30. The molecule has 1 heterocycles. The number of hydrogen-bond donors (Lipinski definition) is 0. The van der Waals surface area contributed by atoms with E-state index in [1.54, 1.807) is 35.2 Å². The van der Waals surface area contributed by atoms with Crippen LogP contribution < -0.4 is 0 Å². The lowest BCUT2D eigenvalue weighted by Gasteiger charge is -2.14. The topological polar surface area (TPSA) is 37.4 Å². The SMILES string of the molecule is O=C(CN1Cc2ccccc2C1=O)c1ccc(Cl)cc1. The summed E-state index contributed by atoms with van der Waals surface area (Å²) in [6, 6.07) is 14.2. The van der Waals surface area contributed by atoms with Crippen molar-refractivity contribution >= 4 is 23.3 Å². The van der Waals surface area contributed by atoms with Crippen molar-refractivity contribution < 1.29 is 9.59 Å². The summed E-state index contributed by atoms with van der Waals surface area (Å²) in [7, 11) is 0. The average molecular weight is 286 g/mol. The zero-order valence-electron chi connectivity index (χ0n) is 10.7. The molecular weight excluding hydrogens is 274 g/mol. The Morgan fingerprint density at radius 1 is 1.10 bits per heavy atom. The largest absolute Gasteiger partial charge is 0.327 e. The van der Waals surface area contributed by atoms with Gasteiger partial charge in [-0.3, -0.25) is 9.59 Å². The predicted octanol–water partition coefficient (Wildman–Crippen LogP) is 3.18. The molecule has 2 aromatic rings. The van der Waals surface area contributed by atoms with E-state index in [0.29, 0.717) is 22.7 Å². The van der Waals surface area contributed by atoms with Gasteiger partial charge < -0.3 is 4.90 Å². The fraction of sp³-hybridized carbons (Fsp3) is 0.125. The van der Waals surface area contributed by atoms with Gasteiger partial charge in [0, 0.05) is 22.7 Å². The molecule has 0 unspecified atom stereocenters. The van der Waals surface area contributed by atoms with E-state index in [9.17, 15) is 9.59 Å². The molecule has 0 radical (unpaired) electrons. The summed E-state index contributed by atoms with van der Waals surface area (Å²) >= 11 is 5.79. The zero-order valence-corrected chi connectivity index (χ0v) is 11.4. The number of nitrogens with zero attached hydrogens (tertiary/aromatic N) is 1. The molecule has 3 nitrogen and oxygen atoms in total. The van der Waals surface area contributed by atoms with Crippen molar-refractivity contribution in [1.82, 2.24) is 4.90 Å². The van der Waals surface area contributed by atoms with E-state index in [2.05, 4.69) is 0 Å². The monoisotopic (exact) mass is 285 g/mol. The second-order valence-corrected chi connectivity index (χ2v) is 5.18. The third-order valence-corrected chi connectivity index (χ3v) is 3.65. The number of carbonyl (C=O) groups excluding carboxylic acids is 2. The van der Waals surface area contributed by atoms with Crippen LogP contribution in [0.15, 0.2) is 48.5 Å². The Kier molecular flexibility index (Phi) is 3.28. The van der Waals surface area contributed by atoms with Crippen molar-refractivity contribution in [3.05, 3.63) is 70.2 Å². The summed E-state index contributed by atoms with van der Waals surface area (Å²) in [6.45, 7) is 0.587. The highest BCUT2D eigenvalue weighted by Gasteiger charge is 2.28. The summed E-state index contributed by atoms with van der Waals surface area (Å²) in [5.74, 6) is -0.161. The fourth-order valence-electron chi connectivity index (χ4n) is 2.34. The van der Waals surface area contributed by atoms with E-state index in [1.165, 1.54) is 0 Å². The highest BCUT2D eigenvalue weighted by molar-refractivity contribution is 6.30. The standard InChI is InChI=1S/C16H12ClNO2/c17-13-7-5-11(6-8-13)15(19)10-18-9-12-3-1-2-4-14(12)16(18)20/h1-8H,9-10H2. The maximum Gasteiger partial charge on any atom is 0.254 e. The molecule has 0 aliphatic carbocycles. The predicted molar refractivity (Wildman–Crippen MR) is 77.0 cm³/mol. The van der Waals surface area contributed by atoms with Crippen molar-refractivity contribution in [2.24, 2.45) is 0 Å². The Labute approximate surface area is 121 Å². The molecule has 0 atom stereocenters. The molecule has 0 aromatic heterocycles. The Morgan fingerprint density at radius 2 is 1.80 bits per heavy atom. The number of halogens is 1. The smallest absolute Gasteiger partial charge is 0.254 e. The van der Waals surface area contributed by atoms with E-state index in [0.717, 1.165) is 5.56 Å². The van der Waals surface area contributed by atoms with Crippen LogP contribution in [0.5, 0.6) is 0 Å². The third-order valence-electron chi connectivity index (χ3n) is 3.40. The van der Waals surface area contributed by atoms with E-state index in [-0.39, 0.29) is 18.2 Å². The summed E-state index contributed by atoms with van der Waals surface area (Å²) in [4.78, 5) is 25.9. The highest BCUT2D eigenvalue weighted by atomic mass is 35.5. The van der Waals surface area contributed by atoms with Gasteiger partial charge in [0.15, 0.2) is 5.78 Å². The van der Waals surface area contributed by atoms with Gasteiger partial charge in [-0.25, -0.2) is 0 Å². The molecule has 1 amide bonds. The van der Waals surface area contributed by atoms with Crippen LogP contribution in [0.1, 0.15) is 26.3 Å². The van der Waals surface area contributed by atoms with E-state index >= 15 is 0 Å². The second kappa shape index (κ2) is 5.10. The maximum atomic E-state index is 12.2. The van der Waals surface area contributed by atoms with Gasteiger partial charge in [0.2, 0.25) is 0 Å². The summed E-state index contributed by atoms with van der Waals surface area (Å²) in [6.07, 6.45) is 0. The van der Waals surface area contributed by atoms with Gasteiger partial charge >= 0.3 is 0 Å². The van der Waals surface area contributed by atoms with Crippen LogP contribution in [-0.4, -0.2) is 23.1 Å². The Hall–Kier alpha value is -2.13. The van der Waals surface area contributed by atoms with E-state index in [1.807, 2.05) is 18.2 Å². The van der Waals surface area contributed by atoms with Crippen molar-refractivity contribution in [2.45, 2.75) is 6.54 Å². The van der Waals surface area contributed by atoms with Gasteiger partial charge in [0.25, 0.3) is 5.91 Å². The van der Waals surface area contributed by atoms with Crippen LogP contribution >= 0.6 is 11.6 Å². The van der Waals surface area contributed by atoms with Crippen LogP contribution in [0, 0.1) is 0 Å². The summed E-state index contributed by atoms with van der Waals surface area (Å²) < 4.78 is 0. The molecule has 4 heteroatoms. The average Bonchev–Trinajstić information content (AvgIpc) is 2.77. The quantitative estimate of drug-likeness (QED) is 0.812. The minimum Gasteiger partial charge on any atom is -0.327 e. The molecule has 1 aliphatic rings. The van der Waals surface area contributed by atoms with Crippen LogP contribution in [0.2, 0.25) is 5.02 Å². The summed E-state index contributed by atoms with van der Waals surface area (Å²) in [5, 5.41) is 0.589. The second-order valence-electron chi connectivity index (χ2n) is 4.75. The van der Waals surface area contributed by atoms with Crippen LogP contribution in [0.25, 0.3) is 0 Å². The molecule has 0 bridgehead atoms. The van der Waals surface area contributed by atoms with Gasteiger partial charge in [-0.1, -0.05) is 29.8 Å². The molecule has 100 valence electrons. The number of carbonyl (C=O) groups is 2. The number of benzene rings is 2. The third kappa shape index (κ3) is 2.32. The van der Waals surface area contributed by atoms with Crippen LogP contribution in [-0.2, 0) is 6.54 Å². The molecule has 20 heavy (non-hydrogen) atoms. The van der Waals surface area contributed by atoms with E-state index in [4.69, 9.17) is 11.6 Å². The molecule has 0 saturated heterocycles. The Morgan fingerprint density at radius 3 is 2.50 bits per heavy atom. The number of Topliss-reactive ketones (excluding diaryl/α,β-unsaturated/α-hetero) is 1. The number of amides is 1. The van der Waals surface area contributed by atoms with Gasteiger partial charge in [-0.2, -0.15) is 0 Å². The molecule has 3 rings (SSSR count).